The van der Waals surface area contributed by atoms with Crippen LogP contribution in [0.2, 0.25) is 0 Å². The quantitative estimate of drug-likeness (QED) is 0.108. The monoisotopic (exact) mass is 787 g/mol. The molecule has 2 fully saturated rings. The van der Waals surface area contributed by atoms with Crippen molar-refractivity contribution in [3.63, 3.8) is 0 Å². The number of imidazole rings is 2. The third kappa shape index (κ3) is 9.41. The van der Waals surface area contributed by atoms with E-state index in [0.717, 1.165) is 103 Å². The van der Waals surface area contributed by atoms with Crippen molar-refractivity contribution in [2.24, 2.45) is 5.92 Å². The van der Waals surface area contributed by atoms with E-state index in [4.69, 9.17) is 14.5 Å². The number of ether oxygens (including phenoxy) is 2. The highest BCUT2D eigenvalue weighted by Crippen LogP contribution is 2.37. The van der Waals surface area contributed by atoms with Crippen LogP contribution in [0.25, 0.3) is 44.4 Å². The number of H-pyrrole nitrogens is 2. The molecule has 2 aliphatic heterocycles. The van der Waals surface area contributed by atoms with Gasteiger partial charge in [0, 0.05) is 24.2 Å². The maximum atomic E-state index is 12.9. The Kier molecular flexibility index (Phi) is 12.6. The number of carbonyl (C=O) groups is 2. The normalized spacial score (nSPS) is 18.5. The van der Waals surface area contributed by atoms with Gasteiger partial charge in [-0.1, -0.05) is 82.1 Å². The highest BCUT2D eigenvalue weighted by molar-refractivity contribution is 5.90. The van der Waals surface area contributed by atoms with Crippen LogP contribution in [0.5, 0.6) is 0 Å². The summed E-state index contributed by atoms with van der Waals surface area (Å²) in [5, 5.41) is 5.45. The van der Waals surface area contributed by atoms with E-state index in [9.17, 15) is 9.59 Å². The zero-order valence-electron chi connectivity index (χ0n) is 35.3. The van der Waals surface area contributed by atoms with E-state index in [0.29, 0.717) is 18.5 Å². The molecule has 0 aliphatic carbocycles. The number of hydrogen-bond acceptors (Lipinski definition) is 7. The molecule has 11 heteroatoms. The number of nitrogens with zero attached hydrogens (tertiary/aromatic N) is 4. The molecule has 2 saturated heterocycles. The highest BCUT2D eigenvalue weighted by Gasteiger charge is 2.36. The lowest BCUT2D eigenvalue weighted by molar-refractivity contribution is 0.0218. The molecule has 2 aliphatic rings. The van der Waals surface area contributed by atoms with E-state index < -0.39 is 5.60 Å². The Bertz CT molecular complexity index is 2170. The molecule has 11 nitrogen and oxygen atoms in total. The largest absolute Gasteiger partial charge is 0.453 e. The minimum absolute atomic E-state index is 0.0404. The van der Waals surface area contributed by atoms with E-state index in [2.05, 4.69) is 107 Å². The second-order valence-corrected chi connectivity index (χ2v) is 17.5. The predicted molar refractivity (Wildman–Crippen MR) is 230 cm³/mol. The van der Waals surface area contributed by atoms with E-state index in [1.165, 1.54) is 17.9 Å². The molecule has 0 bridgehead atoms. The topological polar surface area (TPSA) is 128 Å². The van der Waals surface area contributed by atoms with E-state index in [1.807, 2.05) is 33.2 Å². The van der Waals surface area contributed by atoms with Gasteiger partial charge in [0.1, 0.15) is 17.2 Å². The summed E-state index contributed by atoms with van der Waals surface area (Å²) in [5.74, 6) is 2.11. The van der Waals surface area contributed by atoms with E-state index in [1.54, 1.807) is 4.90 Å². The van der Waals surface area contributed by atoms with Crippen molar-refractivity contribution in [1.29, 1.82) is 0 Å². The van der Waals surface area contributed by atoms with Crippen LogP contribution in [0.3, 0.4) is 0 Å². The average molecular weight is 788 g/mol. The molecule has 58 heavy (non-hydrogen) atoms. The van der Waals surface area contributed by atoms with Crippen molar-refractivity contribution < 1.29 is 19.1 Å². The number of aromatic amines is 2. The molecule has 7 rings (SSSR count). The first-order valence-electron chi connectivity index (χ1n) is 21.3. The van der Waals surface area contributed by atoms with Crippen LogP contribution in [0, 0.1) is 5.92 Å². The van der Waals surface area contributed by atoms with Gasteiger partial charge in [-0.3, -0.25) is 9.80 Å². The molecule has 3 N–H and O–H groups in total. The smallest absolute Gasteiger partial charge is 0.410 e. The number of alkyl carbamates (subject to hydrolysis) is 1. The Hall–Kier alpha value is -5.16. The van der Waals surface area contributed by atoms with Crippen LogP contribution < -0.4 is 5.32 Å². The predicted octanol–water partition coefficient (Wildman–Crippen LogP) is 10.8. The van der Waals surface area contributed by atoms with Crippen LogP contribution in [0.4, 0.5) is 9.59 Å². The molecule has 4 unspecified atom stereocenters. The van der Waals surface area contributed by atoms with Gasteiger partial charge in [-0.05, 0) is 111 Å². The number of likely N-dealkylation sites (tertiary alicyclic amines) is 2. The number of benzene rings is 3. The molecular formula is C47H61N7O4. The van der Waals surface area contributed by atoms with Crippen LogP contribution in [-0.4, -0.2) is 79.8 Å². The molecule has 3 aromatic carbocycles. The maximum Gasteiger partial charge on any atom is 0.410 e. The molecule has 0 saturated carbocycles. The van der Waals surface area contributed by atoms with Crippen molar-refractivity contribution in [2.75, 3.05) is 20.2 Å². The number of rotatable bonds is 13. The number of fused-ring (bicyclic) bond motifs is 1. The Labute approximate surface area is 343 Å². The first-order valence-corrected chi connectivity index (χ1v) is 21.3. The third-order valence-electron chi connectivity index (χ3n) is 11.9. The van der Waals surface area contributed by atoms with Gasteiger partial charge in [-0.25, -0.2) is 19.6 Å². The second kappa shape index (κ2) is 17.8. The summed E-state index contributed by atoms with van der Waals surface area (Å²) in [7, 11) is 1.43. The number of nitrogens with one attached hydrogen (secondary N) is 3. The van der Waals surface area contributed by atoms with Crippen molar-refractivity contribution in [3.8, 4) is 33.6 Å². The van der Waals surface area contributed by atoms with Gasteiger partial charge in [0.2, 0.25) is 0 Å². The lowest BCUT2D eigenvalue weighted by Gasteiger charge is -2.36. The highest BCUT2D eigenvalue weighted by atomic mass is 16.6. The zero-order chi connectivity index (χ0) is 41.0. The fraction of sp³-hybridized carbons (Fsp3) is 0.489. The Balaban J connectivity index is 1.03. The maximum absolute atomic E-state index is 12.9. The Morgan fingerprint density at radius 3 is 2.07 bits per heavy atom. The van der Waals surface area contributed by atoms with Gasteiger partial charge in [0.05, 0.1) is 43.0 Å². The number of aromatic nitrogens is 4. The number of methoxy groups -OCH3 is 1. The van der Waals surface area contributed by atoms with Crippen molar-refractivity contribution >= 4 is 23.0 Å². The van der Waals surface area contributed by atoms with Crippen LogP contribution in [-0.2, 0) is 9.47 Å². The number of carbonyl (C=O) groups excluding carboxylic acids is 2. The lowest BCUT2D eigenvalue weighted by atomic mass is 9.92. The molecule has 2 aromatic heterocycles. The lowest BCUT2D eigenvalue weighted by Crippen LogP contribution is -2.45. The first kappa shape index (κ1) is 41.0. The summed E-state index contributed by atoms with van der Waals surface area (Å²) < 4.78 is 10.6. The molecule has 4 heterocycles. The molecule has 5 aromatic rings. The minimum Gasteiger partial charge on any atom is -0.453 e. The third-order valence-corrected chi connectivity index (χ3v) is 11.9. The molecule has 0 spiro atoms. The fourth-order valence-corrected chi connectivity index (χ4v) is 8.71. The second-order valence-electron chi connectivity index (χ2n) is 17.5. The number of unbranched alkanes of at least 4 members (excludes halogenated alkanes) is 1. The van der Waals surface area contributed by atoms with E-state index >= 15 is 0 Å². The SMILES string of the molecule is CCCCC(CC(NC(=O)OC)C(C)C)N1CCCC1c1ncc(-c2ccc3cc(-c4ccc(-c5cnc(C6CCCN6C(=O)OC(C)(C)C)[nH]5)cc4)ccc3c2)[nH]1. The summed E-state index contributed by atoms with van der Waals surface area (Å²) >= 11 is 0. The van der Waals surface area contributed by atoms with Crippen LogP contribution in [0.15, 0.2) is 73.1 Å². The van der Waals surface area contributed by atoms with Gasteiger partial charge in [-0.15, -0.1) is 0 Å². The standard InChI is InChI=1S/C47H61N7O4/c1-8-9-12-37(27-38(30(2)3)52-45(55)57-7)53-23-10-13-41(53)43-49-29-40(51-43)36-22-21-34-25-33(19-20-35(34)26-36)31-15-17-32(18-16-31)39-28-48-44(50-39)42-14-11-24-54(42)46(56)58-47(4,5)6/h15-22,25-26,28-30,37-38,41-42H,8-14,23-24,27H2,1-7H3,(H,48,50)(H,49,51)(H,52,55). The Morgan fingerprint density at radius 2 is 1.41 bits per heavy atom. The summed E-state index contributed by atoms with van der Waals surface area (Å²) in [4.78, 5) is 46.3. The fourth-order valence-electron chi connectivity index (χ4n) is 8.71. The molecule has 308 valence electrons. The minimum atomic E-state index is -0.539. The summed E-state index contributed by atoms with van der Waals surface area (Å²) in [6.45, 7) is 13.9. The zero-order valence-corrected chi connectivity index (χ0v) is 35.3. The summed E-state index contributed by atoms with van der Waals surface area (Å²) in [5.41, 5.74) is 5.86. The van der Waals surface area contributed by atoms with Crippen molar-refractivity contribution in [2.45, 2.75) is 123 Å². The Morgan fingerprint density at radius 1 is 0.828 bits per heavy atom. The van der Waals surface area contributed by atoms with Crippen LogP contribution >= 0.6 is 0 Å². The van der Waals surface area contributed by atoms with Crippen molar-refractivity contribution in [3.05, 3.63) is 84.7 Å². The van der Waals surface area contributed by atoms with Gasteiger partial charge < -0.3 is 24.8 Å². The average Bonchev–Trinajstić information content (AvgIpc) is 4.05. The van der Waals surface area contributed by atoms with Gasteiger partial charge in [-0.2, -0.15) is 0 Å². The first-order chi connectivity index (χ1) is 27.9. The van der Waals surface area contributed by atoms with Crippen LogP contribution in [0.1, 0.15) is 117 Å². The number of amides is 2. The van der Waals surface area contributed by atoms with E-state index in [-0.39, 0.29) is 30.3 Å². The summed E-state index contributed by atoms with van der Waals surface area (Å²) in [6.07, 6.45) is 11.4. The molecular weight excluding hydrogens is 727 g/mol. The van der Waals surface area contributed by atoms with Gasteiger partial charge >= 0.3 is 12.2 Å². The van der Waals surface area contributed by atoms with Gasteiger partial charge in [0.15, 0.2) is 0 Å². The van der Waals surface area contributed by atoms with Crippen molar-refractivity contribution in [1.82, 2.24) is 35.1 Å². The molecule has 4 atom stereocenters. The molecule has 0 radical (unpaired) electrons. The summed E-state index contributed by atoms with van der Waals surface area (Å²) in [6, 6.07) is 22.3. The number of hydrogen-bond donors (Lipinski definition) is 3. The molecule has 2 amide bonds. The van der Waals surface area contributed by atoms with Gasteiger partial charge in [0.25, 0.3) is 0 Å².